The number of amidine groups is 1. The van der Waals surface area contributed by atoms with Gasteiger partial charge in [0.05, 0.1) is 17.7 Å². The maximum absolute atomic E-state index is 9.08. The quantitative estimate of drug-likeness (QED) is 0.225. The highest BCUT2D eigenvalue weighted by Gasteiger charge is 2.03. The summed E-state index contributed by atoms with van der Waals surface area (Å²) in [6.45, 7) is 0.512. The van der Waals surface area contributed by atoms with Crippen LogP contribution in [0.4, 0.5) is 5.69 Å². The largest absolute Gasteiger partial charge is 0.395 e. The van der Waals surface area contributed by atoms with Crippen LogP contribution in [0.5, 0.6) is 0 Å². The lowest BCUT2D eigenvalue weighted by Crippen LogP contribution is -2.31. The van der Waals surface area contributed by atoms with Crippen molar-refractivity contribution in [3.63, 3.8) is 0 Å². The summed E-state index contributed by atoms with van der Waals surface area (Å²) in [6, 6.07) is 16.6. The Labute approximate surface area is 162 Å². The van der Waals surface area contributed by atoms with Gasteiger partial charge in [-0.3, -0.25) is 0 Å². The third-order valence-corrected chi connectivity index (χ3v) is 3.82. The summed E-state index contributed by atoms with van der Waals surface area (Å²) >= 11 is 0. The zero-order valence-corrected chi connectivity index (χ0v) is 15.2. The third-order valence-electron chi connectivity index (χ3n) is 3.82. The molecule has 2 heterocycles. The van der Waals surface area contributed by atoms with E-state index in [1.807, 2.05) is 59.4 Å². The minimum Gasteiger partial charge on any atom is -0.395 e. The number of benzene rings is 1. The van der Waals surface area contributed by atoms with E-state index in [0.717, 1.165) is 5.56 Å². The van der Waals surface area contributed by atoms with E-state index in [4.69, 9.17) is 10.2 Å². The second kappa shape index (κ2) is 10.0. The molecule has 8 heteroatoms. The standard InChI is InChI=1S/C20H21N6O2/c27-15-14-25-10-6-18(7-11-25)21-23-20(17-4-2-1-3-5-17)24-22-19-8-12-26(16-28)13-9-19/h1-13,27-28H,14-16H2/q+1. The van der Waals surface area contributed by atoms with Crippen LogP contribution in [-0.2, 0) is 13.3 Å². The number of hydrogen-bond donors (Lipinski definition) is 2. The van der Waals surface area contributed by atoms with Crippen LogP contribution in [0.1, 0.15) is 5.56 Å². The summed E-state index contributed by atoms with van der Waals surface area (Å²) in [5.41, 5.74) is 1.43. The number of aliphatic hydroxyl groups excluding tert-OH is 2. The Kier molecular flexibility index (Phi) is 6.89. The minimum absolute atomic E-state index is 0.0790. The van der Waals surface area contributed by atoms with Gasteiger partial charge in [-0.1, -0.05) is 30.3 Å². The number of aliphatic hydroxyl groups is 2. The monoisotopic (exact) mass is 377 g/mol. The van der Waals surface area contributed by atoms with E-state index in [1.165, 1.54) is 0 Å². The number of aromatic nitrogens is 2. The lowest BCUT2D eigenvalue weighted by Gasteiger charge is -2.01. The van der Waals surface area contributed by atoms with E-state index in [0.29, 0.717) is 23.4 Å². The summed E-state index contributed by atoms with van der Waals surface area (Å²) in [5, 5.41) is 35.7. The second-order valence-electron chi connectivity index (χ2n) is 5.82. The van der Waals surface area contributed by atoms with E-state index in [2.05, 4.69) is 20.4 Å². The van der Waals surface area contributed by atoms with Gasteiger partial charge in [0, 0.05) is 36.6 Å². The molecule has 0 aliphatic heterocycles. The molecular formula is C20H21N6O2+. The molecule has 3 rings (SSSR count). The molecule has 0 saturated heterocycles. The van der Waals surface area contributed by atoms with Crippen LogP contribution in [0.15, 0.2) is 99.8 Å². The Bertz CT molecular complexity index is 990. The van der Waals surface area contributed by atoms with E-state index in [1.54, 1.807) is 29.1 Å². The average Bonchev–Trinajstić information content (AvgIpc) is 2.76. The molecule has 8 nitrogen and oxygen atoms in total. The maximum atomic E-state index is 9.08. The normalized spacial score (nSPS) is 11.7. The van der Waals surface area contributed by atoms with Gasteiger partial charge in [-0.25, -0.2) is 0 Å². The molecule has 142 valence electrons. The molecular weight excluding hydrogens is 356 g/mol. The SMILES string of the molecule is OCCn1ccc(=NN=C(N=Nc2cc[n+](CO)cc2)c2ccccc2)cc1. The Morgan fingerprint density at radius 1 is 0.929 bits per heavy atom. The lowest BCUT2D eigenvalue weighted by molar-refractivity contribution is -0.729. The van der Waals surface area contributed by atoms with E-state index in [9.17, 15) is 0 Å². The van der Waals surface area contributed by atoms with Gasteiger partial charge in [0.15, 0.2) is 12.4 Å². The molecule has 0 amide bonds. The van der Waals surface area contributed by atoms with Crippen LogP contribution in [-0.4, -0.2) is 27.2 Å². The summed E-state index contributed by atoms with van der Waals surface area (Å²) < 4.78 is 3.47. The number of hydrogen-bond acceptors (Lipinski definition) is 5. The Morgan fingerprint density at radius 2 is 1.64 bits per heavy atom. The molecule has 1 aromatic carbocycles. The highest BCUT2D eigenvalue weighted by molar-refractivity contribution is 5.99. The van der Waals surface area contributed by atoms with Gasteiger partial charge in [0.2, 0.25) is 12.6 Å². The van der Waals surface area contributed by atoms with Gasteiger partial charge in [-0.15, -0.1) is 20.4 Å². The van der Waals surface area contributed by atoms with E-state index >= 15 is 0 Å². The van der Waals surface area contributed by atoms with Crippen molar-refractivity contribution >= 4 is 11.5 Å². The summed E-state index contributed by atoms with van der Waals surface area (Å²) in [6.07, 6.45) is 7.08. The molecule has 2 aromatic heterocycles. The fourth-order valence-electron chi connectivity index (χ4n) is 2.32. The van der Waals surface area contributed by atoms with Crippen LogP contribution in [0.25, 0.3) is 0 Å². The number of azo groups is 1. The molecule has 0 atom stereocenters. The first-order chi connectivity index (χ1) is 13.8. The molecule has 28 heavy (non-hydrogen) atoms. The predicted molar refractivity (Wildman–Crippen MR) is 103 cm³/mol. The summed E-state index contributed by atoms with van der Waals surface area (Å²) in [5.74, 6) is 0.381. The molecule has 2 N–H and O–H groups in total. The maximum Gasteiger partial charge on any atom is 0.250 e. The Morgan fingerprint density at radius 3 is 2.29 bits per heavy atom. The zero-order chi connectivity index (χ0) is 19.6. The predicted octanol–water partition coefficient (Wildman–Crippen LogP) is 1.76. The van der Waals surface area contributed by atoms with Crippen molar-refractivity contribution in [2.45, 2.75) is 13.3 Å². The number of pyridine rings is 2. The smallest absolute Gasteiger partial charge is 0.250 e. The van der Waals surface area contributed by atoms with Crippen molar-refractivity contribution in [2.75, 3.05) is 6.61 Å². The van der Waals surface area contributed by atoms with Crippen molar-refractivity contribution in [1.82, 2.24) is 4.57 Å². The van der Waals surface area contributed by atoms with Gasteiger partial charge in [-0.2, -0.15) is 4.57 Å². The van der Waals surface area contributed by atoms with Gasteiger partial charge in [0.1, 0.15) is 0 Å². The number of nitrogens with zero attached hydrogens (tertiary/aromatic N) is 6. The third kappa shape index (κ3) is 5.50. The van der Waals surface area contributed by atoms with Crippen LogP contribution < -0.4 is 9.92 Å². The highest BCUT2D eigenvalue weighted by atomic mass is 16.3. The summed E-state index contributed by atoms with van der Waals surface area (Å²) in [4.78, 5) is 0. The molecule has 0 bridgehead atoms. The van der Waals surface area contributed by atoms with Crippen molar-refractivity contribution < 1.29 is 14.8 Å². The highest BCUT2D eigenvalue weighted by Crippen LogP contribution is 2.11. The summed E-state index contributed by atoms with van der Waals surface area (Å²) in [7, 11) is 0. The molecule has 0 unspecified atom stereocenters. The first-order valence-electron chi connectivity index (χ1n) is 8.74. The first-order valence-corrected chi connectivity index (χ1v) is 8.74. The fraction of sp³-hybridized carbons (Fsp3) is 0.150. The first kappa shape index (κ1) is 19.3. The molecule has 0 aliphatic rings. The van der Waals surface area contributed by atoms with Gasteiger partial charge in [-0.05, 0) is 12.1 Å². The van der Waals surface area contributed by atoms with Gasteiger partial charge >= 0.3 is 0 Å². The second-order valence-corrected chi connectivity index (χ2v) is 5.82. The molecule has 0 radical (unpaired) electrons. The van der Waals surface area contributed by atoms with Crippen LogP contribution in [0, 0.1) is 0 Å². The molecule has 3 aromatic rings. The van der Waals surface area contributed by atoms with Crippen molar-refractivity contribution in [3.05, 3.63) is 90.3 Å². The van der Waals surface area contributed by atoms with Crippen molar-refractivity contribution in [3.8, 4) is 0 Å². The van der Waals surface area contributed by atoms with E-state index < -0.39 is 0 Å². The van der Waals surface area contributed by atoms with E-state index in [-0.39, 0.29) is 13.3 Å². The minimum atomic E-state index is -0.0948. The van der Waals surface area contributed by atoms with Crippen LogP contribution >= 0.6 is 0 Å². The van der Waals surface area contributed by atoms with Crippen molar-refractivity contribution in [1.29, 1.82) is 0 Å². The average molecular weight is 377 g/mol. The molecule has 0 fully saturated rings. The zero-order valence-electron chi connectivity index (χ0n) is 15.2. The Hall–Kier alpha value is -3.49. The topological polar surface area (TPSA) is 98.7 Å². The van der Waals surface area contributed by atoms with Crippen molar-refractivity contribution in [2.24, 2.45) is 20.4 Å². The molecule has 0 spiro atoms. The van der Waals surface area contributed by atoms with Gasteiger partial charge < -0.3 is 14.8 Å². The van der Waals surface area contributed by atoms with Crippen LogP contribution in [0.3, 0.4) is 0 Å². The van der Waals surface area contributed by atoms with Gasteiger partial charge in [0.25, 0.3) is 0 Å². The lowest BCUT2D eigenvalue weighted by atomic mass is 10.2. The number of rotatable bonds is 6. The molecule has 0 aliphatic carbocycles. The fourth-order valence-corrected chi connectivity index (χ4v) is 2.32. The molecule has 0 saturated carbocycles. The van der Waals surface area contributed by atoms with Crippen LogP contribution in [0.2, 0.25) is 0 Å². The Balaban J connectivity index is 1.89.